The van der Waals surface area contributed by atoms with Crippen LogP contribution in [-0.4, -0.2) is 33.3 Å². The molecule has 0 radical (unpaired) electrons. The third-order valence-corrected chi connectivity index (χ3v) is 3.39. The Bertz CT molecular complexity index is 586. The van der Waals surface area contributed by atoms with Gasteiger partial charge in [0, 0.05) is 12.1 Å². The van der Waals surface area contributed by atoms with Gasteiger partial charge < -0.3 is 5.32 Å². The minimum atomic E-state index is -0.493. The number of nitrogens with zero attached hydrogens (tertiary/aromatic N) is 3. The van der Waals surface area contributed by atoms with Gasteiger partial charge in [0.25, 0.3) is 0 Å². The normalized spacial score (nSPS) is 12.5. The zero-order valence-electron chi connectivity index (χ0n) is 10.6. The van der Waals surface area contributed by atoms with E-state index in [1.807, 2.05) is 0 Å². The third-order valence-electron chi connectivity index (χ3n) is 2.75. The summed E-state index contributed by atoms with van der Waals surface area (Å²) in [5, 5.41) is 21.5. The molecule has 2 aromatic rings. The smallest absolute Gasteiger partial charge is 0.300 e. The number of non-ortho nitro benzene ring substituents is 1. The minimum absolute atomic E-state index is 0.0985. The average Bonchev–Trinajstić information content (AvgIpc) is 2.85. The van der Waals surface area contributed by atoms with E-state index in [1.54, 1.807) is 17.8 Å². The van der Waals surface area contributed by atoms with Crippen LogP contribution in [-0.2, 0) is 0 Å². The molecule has 1 N–H and O–H groups in total. The molecule has 0 aliphatic rings. The Hall–Kier alpha value is -1.83. The molecule has 0 bridgehead atoms. The van der Waals surface area contributed by atoms with Crippen LogP contribution in [0, 0.1) is 10.1 Å². The van der Waals surface area contributed by atoms with Crippen molar-refractivity contribution in [3.63, 3.8) is 0 Å². The van der Waals surface area contributed by atoms with Crippen molar-refractivity contribution in [3.8, 4) is 0 Å². The van der Waals surface area contributed by atoms with Crippen LogP contribution in [0.3, 0.4) is 0 Å². The SMILES string of the molecule is CSCCC(C)Nc1ccc([N+](=O)[O-])c2nonc12. The topological polar surface area (TPSA) is 94.1 Å². The van der Waals surface area contributed by atoms with Gasteiger partial charge in [0.1, 0.15) is 0 Å². The van der Waals surface area contributed by atoms with Crippen molar-refractivity contribution in [1.82, 2.24) is 10.3 Å². The lowest BCUT2D eigenvalue weighted by atomic mass is 10.2. The molecule has 1 heterocycles. The summed E-state index contributed by atoms with van der Waals surface area (Å²) < 4.78 is 4.61. The maximum Gasteiger partial charge on any atom is 0.300 e. The highest BCUT2D eigenvalue weighted by atomic mass is 32.2. The molecular weight excluding hydrogens is 268 g/mol. The van der Waals surface area contributed by atoms with Gasteiger partial charge in [-0.25, -0.2) is 4.63 Å². The van der Waals surface area contributed by atoms with Crippen LogP contribution in [0.25, 0.3) is 11.0 Å². The Morgan fingerprint density at radius 2 is 2.21 bits per heavy atom. The maximum absolute atomic E-state index is 10.9. The van der Waals surface area contributed by atoms with Gasteiger partial charge in [0.15, 0.2) is 5.52 Å². The lowest BCUT2D eigenvalue weighted by Crippen LogP contribution is -2.16. The minimum Gasteiger partial charge on any atom is -0.381 e. The number of benzene rings is 1. The molecule has 0 saturated carbocycles. The number of nitrogens with one attached hydrogen (secondary N) is 1. The highest BCUT2D eigenvalue weighted by Gasteiger charge is 2.20. The van der Waals surface area contributed by atoms with E-state index < -0.39 is 4.92 Å². The molecule has 0 spiro atoms. The van der Waals surface area contributed by atoms with Gasteiger partial charge in [0.2, 0.25) is 5.52 Å². The van der Waals surface area contributed by atoms with Crippen LogP contribution in [0.15, 0.2) is 16.8 Å². The van der Waals surface area contributed by atoms with Crippen molar-refractivity contribution in [3.05, 3.63) is 22.2 Å². The van der Waals surface area contributed by atoms with E-state index in [4.69, 9.17) is 0 Å². The van der Waals surface area contributed by atoms with E-state index in [0.717, 1.165) is 12.2 Å². The van der Waals surface area contributed by atoms with Crippen molar-refractivity contribution in [2.75, 3.05) is 17.3 Å². The van der Waals surface area contributed by atoms with Crippen molar-refractivity contribution in [1.29, 1.82) is 0 Å². The number of aromatic nitrogens is 2. The average molecular weight is 282 g/mol. The molecule has 1 aromatic carbocycles. The summed E-state index contributed by atoms with van der Waals surface area (Å²) in [6.45, 7) is 2.05. The first kappa shape index (κ1) is 13.6. The van der Waals surface area contributed by atoms with E-state index in [9.17, 15) is 10.1 Å². The van der Waals surface area contributed by atoms with Gasteiger partial charge in [-0.3, -0.25) is 10.1 Å². The second kappa shape index (κ2) is 5.87. The van der Waals surface area contributed by atoms with E-state index in [0.29, 0.717) is 11.2 Å². The number of thioether (sulfide) groups is 1. The molecule has 0 amide bonds. The molecule has 8 heteroatoms. The number of hydrogen-bond donors (Lipinski definition) is 1. The summed E-state index contributed by atoms with van der Waals surface area (Å²) in [6, 6.07) is 3.30. The Morgan fingerprint density at radius 3 is 2.89 bits per heavy atom. The van der Waals surface area contributed by atoms with Gasteiger partial charge in [-0.15, -0.1) is 0 Å². The first-order chi connectivity index (χ1) is 9.13. The molecule has 102 valence electrons. The summed E-state index contributed by atoms with van der Waals surface area (Å²) in [7, 11) is 0. The van der Waals surface area contributed by atoms with Crippen molar-refractivity contribution < 1.29 is 9.55 Å². The zero-order valence-corrected chi connectivity index (χ0v) is 11.4. The predicted molar refractivity (Wildman–Crippen MR) is 74.5 cm³/mol. The Balaban J connectivity index is 2.27. The van der Waals surface area contributed by atoms with Crippen LogP contribution in [0.4, 0.5) is 11.4 Å². The number of anilines is 1. The quantitative estimate of drug-likeness (QED) is 0.643. The molecule has 0 saturated heterocycles. The second-order valence-electron chi connectivity index (χ2n) is 4.18. The monoisotopic (exact) mass is 282 g/mol. The highest BCUT2D eigenvalue weighted by Crippen LogP contribution is 2.29. The van der Waals surface area contributed by atoms with E-state index in [-0.39, 0.29) is 17.2 Å². The van der Waals surface area contributed by atoms with E-state index >= 15 is 0 Å². The first-order valence-corrected chi connectivity index (χ1v) is 7.18. The van der Waals surface area contributed by atoms with Crippen LogP contribution >= 0.6 is 11.8 Å². The number of rotatable bonds is 6. The fraction of sp³-hybridized carbons (Fsp3) is 0.455. The largest absolute Gasteiger partial charge is 0.381 e. The number of hydrogen-bond acceptors (Lipinski definition) is 7. The zero-order chi connectivity index (χ0) is 13.8. The Labute approximate surface area is 113 Å². The molecular formula is C11H14N4O3S. The molecule has 1 aromatic heterocycles. The number of nitro groups is 1. The Kier molecular flexibility index (Phi) is 4.20. The lowest BCUT2D eigenvalue weighted by molar-refractivity contribution is -0.383. The second-order valence-corrected chi connectivity index (χ2v) is 5.16. The summed E-state index contributed by atoms with van der Waals surface area (Å²) in [5.74, 6) is 1.04. The summed E-state index contributed by atoms with van der Waals surface area (Å²) in [6.07, 6.45) is 3.04. The molecule has 1 unspecified atom stereocenters. The number of nitro benzene ring substituents is 1. The van der Waals surface area contributed by atoms with Crippen LogP contribution in [0.1, 0.15) is 13.3 Å². The maximum atomic E-state index is 10.9. The van der Waals surface area contributed by atoms with Crippen LogP contribution in [0.5, 0.6) is 0 Å². The molecule has 7 nitrogen and oxygen atoms in total. The third kappa shape index (κ3) is 2.95. The fourth-order valence-corrected chi connectivity index (χ4v) is 2.34. The highest BCUT2D eigenvalue weighted by molar-refractivity contribution is 7.98. The first-order valence-electron chi connectivity index (χ1n) is 5.78. The predicted octanol–water partition coefficient (Wildman–Crippen LogP) is 2.68. The van der Waals surface area contributed by atoms with Crippen molar-refractivity contribution >= 4 is 34.2 Å². The van der Waals surface area contributed by atoms with Gasteiger partial charge >= 0.3 is 5.69 Å². The van der Waals surface area contributed by atoms with Gasteiger partial charge in [0.05, 0.1) is 10.6 Å². The van der Waals surface area contributed by atoms with Gasteiger partial charge in [-0.1, -0.05) is 0 Å². The lowest BCUT2D eigenvalue weighted by Gasteiger charge is -2.14. The van der Waals surface area contributed by atoms with Crippen molar-refractivity contribution in [2.24, 2.45) is 0 Å². The van der Waals surface area contributed by atoms with E-state index in [2.05, 4.69) is 33.4 Å². The van der Waals surface area contributed by atoms with Gasteiger partial charge in [-0.2, -0.15) is 11.8 Å². The van der Waals surface area contributed by atoms with Gasteiger partial charge in [-0.05, 0) is 41.7 Å². The standard InChI is InChI=1S/C11H14N4O3S/c1-7(5-6-19-2)12-8-3-4-9(15(16)17)11-10(8)13-18-14-11/h3-4,7,12H,5-6H2,1-2H3. The summed E-state index contributed by atoms with van der Waals surface area (Å²) in [5.41, 5.74) is 1.17. The van der Waals surface area contributed by atoms with Crippen molar-refractivity contribution in [2.45, 2.75) is 19.4 Å². The number of fused-ring (bicyclic) bond motifs is 1. The molecule has 0 fully saturated rings. The van der Waals surface area contributed by atoms with Crippen LogP contribution < -0.4 is 5.32 Å². The molecule has 0 aliphatic carbocycles. The Morgan fingerprint density at radius 1 is 1.47 bits per heavy atom. The van der Waals surface area contributed by atoms with E-state index in [1.165, 1.54) is 6.07 Å². The van der Waals surface area contributed by atoms with Crippen LogP contribution in [0.2, 0.25) is 0 Å². The molecule has 2 rings (SSSR count). The molecule has 1 atom stereocenters. The summed E-state index contributed by atoms with van der Waals surface area (Å²) >= 11 is 1.78. The fourth-order valence-electron chi connectivity index (χ4n) is 1.75. The molecule has 19 heavy (non-hydrogen) atoms. The summed E-state index contributed by atoms with van der Waals surface area (Å²) in [4.78, 5) is 10.4. The molecule has 0 aliphatic heterocycles.